The molecule has 0 saturated heterocycles. The van der Waals surface area contributed by atoms with Crippen molar-refractivity contribution in [2.24, 2.45) is 0 Å². The van der Waals surface area contributed by atoms with Gasteiger partial charge < -0.3 is 4.42 Å². The molecule has 0 bridgehead atoms. The summed E-state index contributed by atoms with van der Waals surface area (Å²) in [6, 6.07) is 1.87. The fourth-order valence-electron chi connectivity index (χ4n) is 1.53. The van der Waals surface area contributed by atoms with Gasteiger partial charge in [-0.1, -0.05) is 0 Å². The van der Waals surface area contributed by atoms with Crippen LogP contribution >= 0.6 is 0 Å². The summed E-state index contributed by atoms with van der Waals surface area (Å²) in [5.41, 5.74) is 0.914. The van der Waals surface area contributed by atoms with E-state index in [4.69, 9.17) is 4.42 Å². The van der Waals surface area contributed by atoms with Gasteiger partial charge in [0.25, 0.3) is 0 Å². The Morgan fingerprint density at radius 2 is 2.13 bits per heavy atom. The van der Waals surface area contributed by atoms with Gasteiger partial charge in [0.1, 0.15) is 11.5 Å². The van der Waals surface area contributed by atoms with Crippen LogP contribution in [0.25, 0.3) is 0 Å². The molecular weight excluding hydrogens is 214 g/mol. The second-order valence-corrected chi connectivity index (χ2v) is 6.05. The van der Waals surface area contributed by atoms with Crippen molar-refractivity contribution in [3.05, 3.63) is 23.2 Å². The van der Waals surface area contributed by atoms with Crippen molar-refractivity contribution in [3.8, 4) is 0 Å². The molecule has 1 aromatic heterocycles. The summed E-state index contributed by atoms with van der Waals surface area (Å²) in [5, 5.41) is -0.161. The van der Waals surface area contributed by atoms with Crippen LogP contribution in [0, 0.1) is 13.8 Å². The van der Waals surface area contributed by atoms with E-state index in [9.17, 15) is 8.42 Å². The molecule has 15 heavy (non-hydrogen) atoms. The number of furan rings is 1. The van der Waals surface area contributed by atoms with E-state index in [2.05, 4.69) is 4.72 Å². The molecule has 1 heterocycles. The molecule has 0 unspecified atom stereocenters. The van der Waals surface area contributed by atoms with E-state index in [1.807, 2.05) is 19.9 Å². The highest BCUT2D eigenvalue weighted by atomic mass is 32.2. The minimum atomic E-state index is -3.08. The fourth-order valence-corrected chi connectivity index (χ4v) is 2.88. The number of rotatable bonds is 4. The maximum Gasteiger partial charge on any atom is 0.214 e. The minimum Gasteiger partial charge on any atom is -0.466 e. The van der Waals surface area contributed by atoms with Crippen LogP contribution in [-0.2, 0) is 16.6 Å². The largest absolute Gasteiger partial charge is 0.466 e. The first-order valence-corrected chi connectivity index (χ1v) is 6.58. The molecule has 4 nitrogen and oxygen atoms in total. The highest BCUT2D eigenvalue weighted by Gasteiger charge is 2.35. The Labute approximate surface area is 89.7 Å². The fraction of sp³-hybridized carbons (Fsp3) is 0.600. The van der Waals surface area contributed by atoms with Gasteiger partial charge in [0.15, 0.2) is 0 Å². The van der Waals surface area contributed by atoms with Gasteiger partial charge in [-0.25, -0.2) is 13.1 Å². The molecule has 1 aromatic rings. The molecule has 0 aliphatic heterocycles. The van der Waals surface area contributed by atoms with E-state index in [0.29, 0.717) is 6.54 Å². The Hall–Kier alpha value is -0.810. The summed E-state index contributed by atoms with van der Waals surface area (Å²) in [6.45, 7) is 4.03. The number of sulfonamides is 1. The average Bonchev–Trinajstić information content (AvgIpc) is 2.91. The van der Waals surface area contributed by atoms with E-state index in [1.54, 1.807) is 0 Å². The van der Waals surface area contributed by atoms with Gasteiger partial charge in [0.2, 0.25) is 10.0 Å². The monoisotopic (exact) mass is 229 g/mol. The molecule has 2 rings (SSSR count). The summed E-state index contributed by atoms with van der Waals surface area (Å²) in [7, 11) is -3.08. The van der Waals surface area contributed by atoms with Gasteiger partial charge in [-0.05, 0) is 32.8 Å². The molecule has 0 atom stereocenters. The zero-order chi connectivity index (χ0) is 11.1. The quantitative estimate of drug-likeness (QED) is 0.850. The summed E-state index contributed by atoms with van der Waals surface area (Å²) in [5.74, 6) is 1.60. The lowest BCUT2D eigenvalue weighted by Gasteiger charge is -2.03. The first kappa shape index (κ1) is 10.7. The van der Waals surface area contributed by atoms with Crippen LogP contribution in [0.5, 0.6) is 0 Å². The Bertz CT molecular complexity index is 457. The van der Waals surface area contributed by atoms with E-state index < -0.39 is 10.0 Å². The molecular formula is C10H15NO3S. The van der Waals surface area contributed by atoms with Crippen molar-refractivity contribution in [2.75, 3.05) is 0 Å². The molecule has 1 saturated carbocycles. The molecule has 0 spiro atoms. The summed E-state index contributed by atoms with van der Waals surface area (Å²) in [4.78, 5) is 0. The first-order valence-electron chi connectivity index (χ1n) is 5.03. The Balaban J connectivity index is 2.01. The lowest BCUT2D eigenvalue weighted by molar-refractivity contribution is 0.500. The van der Waals surface area contributed by atoms with Crippen molar-refractivity contribution in [1.29, 1.82) is 0 Å². The molecule has 84 valence electrons. The third-order valence-corrected chi connectivity index (χ3v) is 4.47. The van der Waals surface area contributed by atoms with Crippen molar-refractivity contribution in [2.45, 2.75) is 38.5 Å². The number of hydrogen-bond donors (Lipinski definition) is 1. The Morgan fingerprint density at radius 3 is 2.60 bits per heavy atom. The second kappa shape index (κ2) is 3.64. The zero-order valence-electron chi connectivity index (χ0n) is 8.91. The van der Waals surface area contributed by atoms with Crippen LogP contribution in [0.2, 0.25) is 0 Å². The molecule has 1 N–H and O–H groups in total. The lowest BCUT2D eigenvalue weighted by atomic mass is 10.2. The van der Waals surface area contributed by atoms with Crippen molar-refractivity contribution in [3.63, 3.8) is 0 Å². The predicted octanol–water partition coefficient (Wildman–Crippen LogP) is 1.48. The molecule has 0 amide bonds. The normalized spacial score (nSPS) is 16.9. The van der Waals surface area contributed by atoms with Crippen molar-refractivity contribution in [1.82, 2.24) is 4.72 Å². The standard InChI is InChI=1S/C10H15NO3S/c1-7-5-9(8(2)14-7)6-11-15(12,13)10-3-4-10/h5,10-11H,3-4,6H2,1-2H3. The molecule has 1 aliphatic carbocycles. The van der Waals surface area contributed by atoms with Crippen LogP contribution in [-0.4, -0.2) is 13.7 Å². The van der Waals surface area contributed by atoms with Crippen LogP contribution in [0.15, 0.2) is 10.5 Å². The molecule has 1 aliphatic rings. The number of aryl methyl sites for hydroxylation is 2. The third kappa shape index (κ3) is 2.41. The molecule has 0 radical (unpaired) electrons. The molecule has 5 heteroatoms. The summed E-state index contributed by atoms with van der Waals surface area (Å²) in [6.07, 6.45) is 1.58. The Morgan fingerprint density at radius 1 is 1.47 bits per heavy atom. The van der Waals surface area contributed by atoms with Crippen LogP contribution in [0.4, 0.5) is 0 Å². The third-order valence-electron chi connectivity index (χ3n) is 2.57. The highest BCUT2D eigenvalue weighted by molar-refractivity contribution is 7.90. The summed E-state index contributed by atoms with van der Waals surface area (Å²) >= 11 is 0. The first-order chi connectivity index (χ1) is 6.99. The Kier molecular flexibility index (Phi) is 2.60. The van der Waals surface area contributed by atoms with Gasteiger partial charge in [0, 0.05) is 12.1 Å². The maximum atomic E-state index is 11.5. The van der Waals surface area contributed by atoms with Crippen LogP contribution in [0.3, 0.4) is 0 Å². The van der Waals surface area contributed by atoms with E-state index in [0.717, 1.165) is 29.9 Å². The van der Waals surface area contributed by atoms with Crippen LogP contribution < -0.4 is 4.72 Å². The van der Waals surface area contributed by atoms with Crippen molar-refractivity contribution < 1.29 is 12.8 Å². The van der Waals surface area contributed by atoms with Crippen molar-refractivity contribution >= 4 is 10.0 Å². The average molecular weight is 229 g/mol. The zero-order valence-corrected chi connectivity index (χ0v) is 9.73. The van der Waals surface area contributed by atoms with Gasteiger partial charge in [-0.3, -0.25) is 0 Å². The van der Waals surface area contributed by atoms with E-state index in [-0.39, 0.29) is 5.25 Å². The minimum absolute atomic E-state index is 0.161. The van der Waals surface area contributed by atoms with E-state index in [1.165, 1.54) is 0 Å². The number of hydrogen-bond acceptors (Lipinski definition) is 3. The SMILES string of the molecule is Cc1cc(CNS(=O)(=O)C2CC2)c(C)o1. The highest BCUT2D eigenvalue weighted by Crippen LogP contribution is 2.27. The van der Waals surface area contributed by atoms with E-state index >= 15 is 0 Å². The van der Waals surface area contributed by atoms with Gasteiger partial charge in [-0.15, -0.1) is 0 Å². The van der Waals surface area contributed by atoms with Gasteiger partial charge in [0.05, 0.1) is 5.25 Å². The maximum absolute atomic E-state index is 11.5. The lowest BCUT2D eigenvalue weighted by Crippen LogP contribution is -2.26. The molecule has 1 fully saturated rings. The smallest absolute Gasteiger partial charge is 0.214 e. The summed E-state index contributed by atoms with van der Waals surface area (Å²) < 4.78 is 31.0. The van der Waals surface area contributed by atoms with Crippen LogP contribution in [0.1, 0.15) is 29.9 Å². The van der Waals surface area contributed by atoms with Gasteiger partial charge >= 0.3 is 0 Å². The van der Waals surface area contributed by atoms with Gasteiger partial charge in [-0.2, -0.15) is 0 Å². The molecule has 0 aromatic carbocycles. The predicted molar refractivity (Wildman–Crippen MR) is 57.0 cm³/mol. The topological polar surface area (TPSA) is 59.3 Å². The second-order valence-electron chi connectivity index (χ2n) is 4.00. The number of nitrogens with one attached hydrogen (secondary N) is 1.